The normalized spacial score (nSPS) is 20.8. The van der Waals surface area contributed by atoms with Crippen molar-refractivity contribution in [3.05, 3.63) is 46.3 Å². The lowest BCUT2D eigenvalue weighted by Gasteiger charge is -2.43. The highest BCUT2D eigenvalue weighted by atomic mass is 35.5. The molecule has 2 aliphatic heterocycles. The molecule has 0 N–H and O–H groups in total. The van der Waals surface area contributed by atoms with E-state index in [0.717, 1.165) is 0 Å². The summed E-state index contributed by atoms with van der Waals surface area (Å²) in [4.78, 5) is 30.3. The molecule has 1 atom stereocenters. The number of hydrogen-bond acceptors (Lipinski definition) is 7. The van der Waals surface area contributed by atoms with Crippen LogP contribution in [-0.4, -0.2) is 85.0 Å². The monoisotopic (exact) mass is 505 g/mol. The van der Waals surface area contributed by atoms with Crippen molar-refractivity contribution in [2.45, 2.75) is 38.7 Å². The molecule has 0 spiro atoms. The molecule has 1 aromatic heterocycles. The van der Waals surface area contributed by atoms with Crippen LogP contribution in [-0.2, 0) is 14.3 Å². The Morgan fingerprint density at radius 3 is 2.63 bits per heavy atom. The quantitative estimate of drug-likeness (QED) is 0.569. The predicted octanol–water partition coefficient (Wildman–Crippen LogP) is 3.30. The smallest absolute Gasteiger partial charge is 0.259 e. The van der Waals surface area contributed by atoms with Gasteiger partial charge in [-0.25, -0.2) is 0 Å². The number of morpholine rings is 2. The van der Waals surface area contributed by atoms with Gasteiger partial charge in [-0.05, 0) is 31.0 Å². The second-order valence-electron chi connectivity index (χ2n) is 9.33. The van der Waals surface area contributed by atoms with E-state index in [1.165, 1.54) is 0 Å². The summed E-state index contributed by atoms with van der Waals surface area (Å²) in [5.41, 5.74) is 0.0875. The maximum atomic E-state index is 13.6. The number of amides is 2. The predicted molar refractivity (Wildman–Crippen MR) is 129 cm³/mol. The topological polar surface area (TPSA) is 94.3 Å². The van der Waals surface area contributed by atoms with Gasteiger partial charge in [-0.15, -0.1) is 0 Å². The lowest BCUT2D eigenvalue weighted by molar-refractivity contribution is -0.155. The Kier molecular flexibility index (Phi) is 7.98. The van der Waals surface area contributed by atoms with Crippen LogP contribution < -0.4 is 4.74 Å². The van der Waals surface area contributed by atoms with E-state index in [4.69, 9.17) is 30.3 Å². The number of aromatic nitrogens is 1. The van der Waals surface area contributed by atoms with Crippen LogP contribution in [0.4, 0.5) is 0 Å². The molecule has 190 valence electrons. The summed E-state index contributed by atoms with van der Waals surface area (Å²) < 4.78 is 23.0. The summed E-state index contributed by atoms with van der Waals surface area (Å²) in [7, 11) is 0. The number of ether oxygens (including phenoxy) is 3. The van der Waals surface area contributed by atoms with Crippen molar-refractivity contribution >= 4 is 23.4 Å². The highest BCUT2D eigenvalue weighted by Crippen LogP contribution is 2.29. The number of halogens is 1. The van der Waals surface area contributed by atoms with Gasteiger partial charge in [0.2, 0.25) is 5.91 Å². The van der Waals surface area contributed by atoms with Gasteiger partial charge < -0.3 is 28.5 Å². The summed E-state index contributed by atoms with van der Waals surface area (Å²) in [6.45, 7) is 8.72. The summed E-state index contributed by atoms with van der Waals surface area (Å²) >= 11 is 6.11. The van der Waals surface area contributed by atoms with Crippen LogP contribution in [0.15, 0.2) is 28.8 Å². The number of rotatable bonds is 7. The molecular weight excluding hydrogens is 474 g/mol. The fraction of sp³-hybridized carbons (Fsp3) is 0.560. The zero-order valence-electron chi connectivity index (χ0n) is 20.4. The van der Waals surface area contributed by atoms with E-state index in [-0.39, 0.29) is 43.9 Å². The molecule has 0 aliphatic carbocycles. The summed E-state index contributed by atoms with van der Waals surface area (Å²) in [6, 6.07) is 7.06. The fourth-order valence-corrected chi connectivity index (χ4v) is 4.62. The lowest BCUT2D eigenvalue weighted by Crippen LogP contribution is -2.59. The Labute approximate surface area is 210 Å². The summed E-state index contributed by atoms with van der Waals surface area (Å²) in [5.74, 6) is 0.851. The Balaban J connectivity index is 1.57. The number of nitrogens with zero attached hydrogens (tertiary/aromatic N) is 3. The van der Waals surface area contributed by atoms with Gasteiger partial charge in [0.05, 0.1) is 38.5 Å². The zero-order valence-corrected chi connectivity index (χ0v) is 21.2. The minimum atomic E-state index is -1.02. The van der Waals surface area contributed by atoms with Crippen molar-refractivity contribution in [1.29, 1.82) is 0 Å². The summed E-state index contributed by atoms with van der Waals surface area (Å²) in [5, 5.41) is 4.65. The van der Waals surface area contributed by atoms with Crippen molar-refractivity contribution < 1.29 is 28.3 Å². The molecule has 35 heavy (non-hydrogen) atoms. The number of hydrogen-bond donors (Lipinski definition) is 0. The van der Waals surface area contributed by atoms with Gasteiger partial charge in [0.15, 0.2) is 0 Å². The van der Waals surface area contributed by atoms with E-state index in [1.54, 1.807) is 41.0 Å². The first-order valence-electron chi connectivity index (χ1n) is 11.9. The lowest BCUT2D eigenvalue weighted by atomic mass is 9.95. The van der Waals surface area contributed by atoms with E-state index >= 15 is 0 Å². The molecule has 2 aliphatic rings. The first kappa shape index (κ1) is 25.5. The van der Waals surface area contributed by atoms with Crippen LogP contribution in [0, 0.1) is 6.92 Å². The minimum Gasteiger partial charge on any atom is -0.490 e. The number of benzene rings is 1. The standard InChI is InChI=1S/C25H32ClN3O6/c1-17(2)23-22(18(3)35-27-23)24(31)29-9-12-34-25(15-29,14-21(30)28-7-10-32-11-8-28)16-33-20-6-4-5-19(26)13-20/h4-6,13,17H,7-12,14-16H2,1-3H3/t25-/m1/s1. The van der Waals surface area contributed by atoms with E-state index < -0.39 is 5.60 Å². The molecule has 4 rings (SSSR count). The fourth-order valence-electron chi connectivity index (χ4n) is 4.44. The number of carbonyl (C=O) groups is 2. The van der Waals surface area contributed by atoms with Crippen molar-refractivity contribution in [3.63, 3.8) is 0 Å². The molecule has 0 radical (unpaired) electrons. The highest BCUT2D eigenvalue weighted by Gasteiger charge is 2.43. The van der Waals surface area contributed by atoms with Gasteiger partial charge in [-0.2, -0.15) is 0 Å². The van der Waals surface area contributed by atoms with E-state index in [9.17, 15) is 9.59 Å². The molecule has 2 saturated heterocycles. The van der Waals surface area contributed by atoms with Crippen LogP contribution in [0.1, 0.15) is 48.0 Å². The molecule has 0 saturated carbocycles. The van der Waals surface area contributed by atoms with E-state index in [1.807, 2.05) is 13.8 Å². The summed E-state index contributed by atoms with van der Waals surface area (Å²) in [6.07, 6.45) is 0.0804. The molecule has 9 nitrogen and oxygen atoms in total. The maximum absolute atomic E-state index is 13.6. The molecule has 10 heteroatoms. The third-order valence-electron chi connectivity index (χ3n) is 6.32. The second kappa shape index (κ2) is 11.0. The largest absolute Gasteiger partial charge is 0.490 e. The van der Waals surface area contributed by atoms with Crippen molar-refractivity contribution in [2.75, 3.05) is 52.6 Å². The van der Waals surface area contributed by atoms with Gasteiger partial charge in [0, 0.05) is 24.7 Å². The average molecular weight is 506 g/mol. The Morgan fingerprint density at radius 2 is 1.91 bits per heavy atom. The van der Waals surface area contributed by atoms with Gasteiger partial charge in [-0.3, -0.25) is 9.59 Å². The second-order valence-corrected chi connectivity index (χ2v) is 9.76. The molecule has 2 fully saturated rings. The SMILES string of the molecule is Cc1onc(C(C)C)c1C(=O)N1CCO[C@](COc2cccc(Cl)c2)(CC(=O)N2CCOCC2)C1. The van der Waals surface area contributed by atoms with Crippen molar-refractivity contribution in [3.8, 4) is 5.75 Å². The zero-order chi connectivity index (χ0) is 25.0. The Morgan fingerprint density at radius 1 is 1.17 bits per heavy atom. The van der Waals surface area contributed by atoms with Crippen LogP contribution in [0.25, 0.3) is 0 Å². The van der Waals surface area contributed by atoms with Gasteiger partial charge in [0.1, 0.15) is 29.3 Å². The Bertz CT molecular complexity index is 1050. The van der Waals surface area contributed by atoms with Crippen LogP contribution in [0.3, 0.4) is 0 Å². The van der Waals surface area contributed by atoms with Crippen molar-refractivity contribution in [2.24, 2.45) is 0 Å². The number of aryl methyl sites for hydroxylation is 1. The minimum absolute atomic E-state index is 0.0336. The van der Waals surface area contributed by atoms with Gasteiger partial charge >= 0.3 is 0 Å². The van der Waals surface area contributed by atoms with Crippen LogP contribution in [0.5, 0.6) is 5.75 Å². The third-order valence-corrected chi connectivity index (χ3v) is 6.56. The first-order valence-corrected chi connectivity index (χ1v) is 12.3. The third kappa shape index (κ3) is 5.97. The highest BCUT2D eigenvalue weighted by molar-refractivity contribution is 6.30. The molecule has 3 heterocycles. The van der Waals surface area contributed by atoms with Gasteiger partial charge in [-0.1, -0.05) is 36.7 Å². The number of carbonyl (C=O) groups excluding carboxylic acids is 2. The molecular formula is C25H32ClN3O6. The van der Waals surface area contributed by atoms with Crippen molar-refractivity contribution in [1.82, 2.24) is 15.0 Å². The maximum Gasteiger partial charge on any atom is 0.259 e. The molecule has 1 aromatic carbocycles. The van der Waals surface area contributed by atoms with Crippen LogP contribution in [0.2, 0.25) is 5.02 Å². The molecule has 0 unspecified atom stereocenters. The molecule has 0 bridgehead atoms. The molecule has 2 aromatic rings. The van der Waals surface area contributed by atoms with E-state index in [2.05, 4.69) is 5.16 Å². The van der Waals surface area contributed by atoms with E-state index in [0.29, 0.717) is 60.6 Å². The Hall–Kier alpha value is -2.62. The van der Waals surface area contributed by atoms with Gasteiger partial charge in [0.25, 0.3) is 5.91 Å². The molecule has 2 amide bonds. The average Bonchev–Trinajstić information content (AvgIpc) is 3.25. The van der Waals surface area contributed by atoms with Crippen LogP contribution >= 0.6 is 11.6 Å². The first-order chi connectivity index (χ1) is 16.8.